The highest BCUT2D eigenvalue weighted by atomic mass is 79.9. The van der Waals surface area contributed by atoms with Crippen molar-refractivity contribution in [2.75, 3.05) is 13.1 Å². The second-order valence-corrected chi connectivity index (χ2v) is 7.77. The van der Waals surface area contributed by atoms with Gasteiger partial charge in [0.2, 0.25) is 0 Å². The first-order valence-electron chi connectivity index (χ1n) is 5.55. The van der Waals surface area contributed by atoms with Crippen molar-refractivity contribution in [3.63, 3.8) is 0 Å². The molecule has 7 heteroatoms. The molecule has 4 nitrogen and oxygen atoms in total. The highest BCUT2D eigenvalue weighted by Crippen LogP contribution is 2.27. The van der Waals surface area contributed by atoms with Gasteiger partial charge in [0.15, 0.2) is 0 Å². The number of hydrogen-bond acceptors (Lipinski definition) is 4. The van der Waals surface area contributed by atoms with Gasteiger partial charge >= 0.3 is 0 Å². The first-order chi connectivity index (χ1) is 8.09. The molecule has 0 unspecified atom stereocenters. The summed E-state index contributed by atoms with van der Waals surface area (Å²) in [6.07, 6.45) is 3.18. The van der Waals surface area contributed by atoms with Gasteiger partial charge in [0.05, 0.1) is 0 Å². The van der Waals surface area contributed by atoms with Gasteiger partial charge in [0.1, 0.15) is 4.21 Å². The molecule has 2 heterocycles. The Bertz CT molecular complexity index is 466. The summed E-state index contributed by atoms with van der Waals surface area (Å²) in [5, 5.41) is 5.11. The predicted molar refractivity (Wildman–Crippen MR) is 72.8 cm³/mol. The molecule has 96 valence electrons. The van der Waals surface area contributed by atoms with Gasteiger partial charge in [-0.25, -0.2) is 13.1 Å². The van der Waals surface area contributed by atoms with Crippen LogP contribution in [0.15, 0.2) is 20.1 Å². The Labute approximate surface area is 114 Å². The Morgan fingerprint density at radius 3 is 3.00 bits per heavy atom. The topological polar surface area (TPSA) is 58.2 Å². The molecule has 1 saturated heterocycles. The van der Waals surface area contributed by atoms with E-state index in [4.69, 9.17) is 0 Å². The third kappa shape index (κ3) is 3.51. The van der Waals surface area contributed by atoms with E-state index in [0.29, 0.717) is 21.3 Å². The van der Waals surface area contributed by atoms with Gasteiger partial charge in [-0.05, 0) is 53.2 Å². The number of nitrogens with one attached hydrogen (secondary N) is 2. The van der Waals surface area contributed by atoms with Gasteiger partial charge in [-0.1, -0.05) is 0 Å². The Morgan fingerprint density at radius 1 is 1.59 bits per heavy atom. The van der Waals surface area contributed by atoms with Crippen LogP contribution in [-0.2, 0) is 10.0 Å². The fourth-order valence-electron chi connectivity index (χ4n) is 1.91. The van der Waals surface area contributed by atoms with Crippen molar-refractivity contribution in [3.8, 4) is 0 Å². The fourth-order valence-corrected chi connectivity index (χ4v) is 5.34. The summed E-state index contributed by atoms with van der Waals surface area (Å²) in [5.41, 5.74) is 0. The van der Waals surface area contributed by atoms with Crippen LogP contribution in [-0.4, -0.2) is 27.5 Å². The molecule has 1 aromatic heterocycles. The minimum atomic E-state index is -3.35. The molecular formula is C10H15BrN2O2S2. The molecule has 1 atom stereocenters. The maximum Gasteiger partial charge on any atom is 0.251 e. The zero-order valence-electron chi connectivity index (χ0n) is 9.28. The van der Waals surface area contributed by atoms with E-state index in [0.717, 1.165) is 19.4 Å². The SMILES string of the molecule is O=S(=O)(NCC[C@@H]1CCCN1)c1sccc1Br. The lowest BCUT2D eigenvalue weighted by atomic mass is 10.2. The van der Waals surface area contributed by atoms with E-state index in [1.165, 1.54) is 17.8 Å². The molecule has 2 rings (SSSR count). The lowest BCUT2D eigenvalue weighted by Crippen LogP contribution is -2.30. The molecule has 17 heavy (non-hydrogen) atoms. The van der Waals surface area contributed by atoms with Crippen LogP contribution in [0.3, 0.4) is 0 Å². The zero-order valence-corrected chi connectivity index (χ0v) is 12.5. The van der Waals surface area contributed by atoms with Crippen LogP contribution < -0.4 is 10.0 Å². The average Bonchev–Trinajstić information content (AvgIpc) is 2.88. The minimum absolute atomic E-state index is 0.358. The van der Waals surface area contributed by atoms with Crippen molar-refractivity contribution >= 4 is 37.3 Å². The van der Waals surface area contributed by atoms with Crippen LogP contribution in [0.2, 0.25) is 0 Å². The zero-order chi connectivity index (χ0) is 12.3. The average molecular weight is 339 g/mol. The van der Waals surface area contributed by atoms with E-state index in [2.05, 4.69) is 26.0 Å². The van der Waals surface area contributed by atoms with Crippen molar-refractivity contribution in [3.05, 3.63) is 15.9 Å². The van der Waals surface area contributed by atoms with E-state index in [1.54, 1.807) is 11.4 Å². The van der Waals surface area contributed by atoms with Crippen LogP contribution in [0.25, 0.3) is 0 Å². The molecule has 1 aliphatic rings. The fraction of sp³-hybridized carbons (Fsp3) is 0.600. The number of thiophene rings is 1. The summed E-state index contributed by atoms with van der Waals surface area (Å²) in [5.74, 6) is 0. The maximum absolute atomic E-state index is 11.9. The summed E-state index contributed by atoms with van der Waals surface area (Å²) < 4.78 is 27.5. The molecule has 1 fully saturated rings. The van der Waals surface area contributed by atoms with Crippen LogP contribution in [0.1, 0.15) is 19.3 Å². The van der Waals surface area contributed by atoms with Gasteiger partial charge in [0.25, 0.3) is 10.0 Å². The van der Waals surface area contributed by atoms with Gasteiger partial charge in [0, 0.05) is 17.1 Å². The summed E-state index contributed by atoms with van der Waals surface area (Å²) in [6, 6.07) is 2.21. The van der Waals surface area contributed by atoms with Crippen LogP contribution in [0, 0.1) is 0 Å². The van der Waals surface area contributed by atoms with Gasteiger partial charge < -0.3 is 5.32 Å². The van der Waals surface area contributed by atoms with Gasteiger partial charge in [-0.2, -0.15) is 0 Å². The summed E-state index contributed by atoms with van der Waals surface area (Å²) in [6.45, 7) is 1.54. The van der Waals surface area contributed by atoms with E-state index < -0.39 is 10.0 Å². The molecule has 1 aliphatic heterocycles. The molecule has 0 radical (unpaired) electrons. The number of hydrogen-bond donors (Lipinski definition) is 2. The van der Waals surface area contributed by atoms with E-state index >= 15 is 0 Å². The first kappa shape index (κ1) is 13.5. The van der Waals surface area contributed by atoms with Crippen molar-refractivity contribution in [2.24, 2.45) is 0 Å². The normalized spacial score (nSPS) is 20.9. The van der Waals surface area contributed by atoms with Gasteiger partial charge in [-0.3, -0.25) is 0 Å². The number of rotatable bonds is 5. The summed E-state index contributed by atoms with van der Waals surface area (Å²) in [7, 11) is -3.35. The van der Waals surface area contributed by atoms with Crippen LogP contribution in [0.4, 0.5) is 0 Å². The molecule has 0 spiro atoms. The molecule has 0 aromatic carbocycles. The molecular weight excluding hydrogens is 324 g/mol. The third-order valence-electron chi connectivity index (χ3n) is 2.78. The second-order valence-electron chi connectivity index (χ2n) is 4.04. The third-order valence-corrected chi connectivity index (χ3v) is 6.91. The second kappa shape index (κ2) is 5.79. The van der Waals surface area contributed by atoms with Crippen LogP contribution >= 0.6 is 27.3 Å². The van der Waals surface area contributed by atoms with E-state index in [-0.39, 0.29) is 0 Å². The highest BCUT2D eigenvalue weighted by molar-refractivity contribution is 9.10. The van der Waals surface area contributed by atoms with Crippen molar-refractivity contribution < 1.29 is 8.42 Å². The molecule has 0 saturated carbocycles. The quantitative estimate of drug-likeness (QED) is 0.862. The Morgan fingerprint density at radius 2 is 2.41 bits per heavy atom. The van der Waals surface area contributed by atoms with Gasteiger partial charge in [-0.15, -0.1) is 11.3 Å². The largest absolute Gasteiger partial charge is 0.314 e. The summed E-state index contributed by atoms with van der Waals surface area (Å²) >= 11 is 4.47. The number of sulfonamides is 1. The minimum Gasteiger partial charge on any atom is -0.314 e. The standard InChI is InChI=1S/C10H15BrN2O2S2/c11-9-4-7-16-10(9)17(14,15)13-6-3-8-2-1-5-12-8/h4,7-8,12-13H,1-3,5-6H2/t8-/m0/s1. The molecule has 0 aliphatic carbocycles. The summed E-state index contributed by atoms with van der Waals surface area (Å²) in [4.78, 5) is 0. The van der Waals surface area contributed by atoms with E-state index in [9.17, 15) is 8.42 Å². The van der Waals surface area contributed by atoms with Crippen molar-refractivity contribution in [1.82, 2.24) is 10.0 Å². The van der Waals surface area contributed by atoms with E-state index in [1.807, 2.05) is 0 Å². The monoisotopic (exact) mass is 338 g/mol. The maximum atomic E-state index is 11.9. The molecule has 0 bridgehead atoms. The molecule has 1 aromatic rings. The van der Waals surface area contributed by atoms with Crippen LogP contribution in [0.5, 0.6) is 0 Å². The lowest BCUT2D eigenvalue weighted by molar-refractivity contribution is 0.540. The first-order valence-corrected chi connectivity index (χ1v) is 8.71. The Hall–Kier alpha value is 0.0500. The van der Waals surface area contributed by atoms with Crippen molar-refractivity contribution in [2.45, 2.75) is 29.5 Å². The predicted octanol–water partition coefficient (Wildman–Crippen LogP) is 1.93. The lowest BCUT2D eigenvalue weighted by Gasteiger charge is -2.10. The Kier molecular flexibility index (Phi) is 4.59. The van der Waals surface area contributed by atoms with Crippen molar-refractivity contribution in [1.29, 1.82) is 0 Å². The molecule has 0 amide bonds. The highest BCUT2D eigenvalue weighted by Gasteiger charge is 2.20. The smallest absolute Gasteiger partial charge is 0.251 e. The molecule has 2 N–H and O–H groups in total. The Balaban J connectivity index is 1.87. The number of halogens is 1.